The van der Waals surface area contributed by atoms with Crippen LogP contribution in [0.3, 0.4) is 0 Å². The number of halogens is 2. The number of benzene rings is 2. The van der Waals surface area contributed by atoms with Gasteiger partial charge in [-0.3, -0.25) is 4.68 Å². The van der Waals surface area contributed by atoms with Gasteiger partial charge in [-0.25, -0.2) is 4.79 Å². The molecule has 8 nitrogen and oxygen atoms in total. The fraction of sp³-hybridized carbons (Fsp3) is 0.433. The van der Waals surface area contributed by atoms with Crippen molar-refractivity contribution in [2.24, 2.45) is 0 Å². The topological polar surface area (TPSA) is 111 Å². The van der Waals surface area contributed by atoms with Gasteiger partial charge in [-0.1, -0.05) is 40.5 Å². The van der Waals surface area contributed by atoms with Crippen molar-refractivity contribution in [3.05, 3.63) is 69.0 Å². The maximum Gasteiger partial charge on any atom is 0.357 e. The van der Waals surface area contributed by atoms with Gasteiger partial charge in [0, 0.05) is 28.5 Å². The molecule has 2 aliphatic rings. The Labute approximate surface area is 241 Å². The molecule has 0 unspecified atom stereocenters. The highest BCUT2D eigenvalue weighted by Gasteiger charge is 2.37. The van der Waals surface area contributed by atoms with Gasteiger partial charge in [0.1, 0.15) is 11.5 Å². The molecule has 4 aromatic rings. The monoisotopic (exact) mass is 583 g/mol. The smallest absolute Gasteiger partial charge is 0.357 e. The second-order valence-corrected chi connectivity index (χ2v) is 12.0. The number of hydrogen-bond acceptors (Lipinski definition) is 6. The van der Waals surface area contributed by atoms with Crippen molar-refractivity contribution in [1.29, 1.82) is 0 Å². The minimum Gasteiger partial charge on any atom is -0.476 e. The molecule has 10 heteroatoms. The molecule has 2 heterocycles. The van der Waals surface area contributed by atoms with Crippen LogP contribution in [0, 0.1) is 0 Å². The number of fused-ring (bicyclic) bond motifs is 1. The van der Waals surface area contributed by atoms with Crippen LogP contribution < -0.4 is 0 Å². The third-order valence-corrected chi connectivity index (χ3v) is 8.76. The molecule has 0 atom stereocenters. The van der Waals surface area contributed by atoms with E-state index < -0.39 is 11.6 Å². The van der Waals surface area contributed by atoms with Crippen LogP contribution in [0.15, 0.2) is 40.9 Å². The highest BCUT2D eigenvalue weighted by Crippen LogP contribution is 2.47. The summed E-state index contributed by atoms with van der Waals surface area (Å²) >= 11 is 13.0. The van der Waals surface area contributed by atoms with E-state index in [-0.39, 0.29) is 17.8 Å². The Morgan fingerprint density at radius 1 is 1.15 bits per heavy atom. The first-order valence-corrected chi connectivity index (χ1v) is 14.4. The molecule has 2 saturated carbocycles. The predicted octanol–water partition coefficient (Wildman–Crippen LogP) is 7.50. The van der Waals surface area contributed by atoms with E-state index >= 15 is 0 Å². The summed E-state index contributed by atoms with van der Waals surface area (Å²) in [6.45, 7) is 4.24. The van der Waals surface area contributed by atoms with Crippen LogP contribution >= 0.6 is 23.2 Å². The normalized spacial score (nSPS) is 21.4. The molecule has 0 radical (unpaired) electrons. The van der Waals surface area contributed by atoms with Crippen LogP contribution in [0.5, 0.6) is 0 Å². The third-order valence-electron chi connectivity index (χ3n) is 8.13. The Bertz CT molecular complexity index is 1560. The predicted molar refractivity (Wildman–Crippen MR) is 152 cm³/mol. The fourth-order valence-corrected chi connectivity index (χ4v) is 6.33. The largest absolute Gasteiger partial charge is 0.476 e. The molecular formula is C30H31Cl2N3O5. The lowest BCUT2D eigenvalue weighted by molar-refractivity contribution is -0.0640. The Balaban J connectivity index is 1.19. The molecule has 6 rings (SSSR count). The van der Waals surface area contributed by atoms with Crippen molar-refractivity contribution in [2.75, 3.05) is 0 Å². The van der Waals surface area contributed by atoms with Gasteiger partial charge in [0.05, 0.1) is 33.9 Å². The molecule has 0 amide bonds. The lowest BCUT2D eigenvalue weighted by Crippen LogP contribution is -2.34. The molecule has 0 saturated heterocycles. The Kier molecular flexibility index (Phi) is 7.15. The summed E-state index contributed by atoms with van der Waals surface area (Å²) < 4.78 is 13.9. The van der Waals surface area contributed by atoms with Gasteiger partial charge in [-0.05, 0) is 82.2 Å². The number of carbonyl (C=O) groups is 1. The summed E-state index contributed by atoms with van der Waals surface area (Å²) in [5.74, 6) is 0.119. The van der Waals surface area contributed by atoms with Crippen LogP contribution in [0.4, 0.5) is 0 Å². The quantitative estimate of drug-likeness (QED) is 0.221. The van der Waals surface area contributed by atoms with Gasteiger partial charge < -0.3 is 19.5 Å². The molecule has 0 bridgehead atoms. The minimum absolute atomic E-state index is 0.0203. The van der Waals surface area contributed by atoms with Gasteiger partial charge in [-0.15, -0.1) is 0 Å². The maximum atomic E-state index is 11.7. The minimum atomic E-state index is -1.06. The first-order valence-electron chi connectivity index (χ1n) is 13.7. The zero-order valence-electron chi connectivity index (χ0n) is 22.4. The van der Waals surface area contributed by atoms with E-state index in [0.29, 0.717) is 70.4 Å². The molecule has 0 spiro atoms. The Hall–Kier alpha value is -2.91. The summed E-state index contributed by atoms with van der Waals surface area (Å²) in [5, 5.41) is 31.5. The molecule has 2 N–H and O–H groups in total. The SMILES string of the molecule is CC(C)n1nc(C(=O)O)c2ccc(C3(O)CCC(OCc4c(-c5c(Cl)cccc5Cl)noc4C4CC4)CC3)cc21. The molecule has 210 valence electrons. The van der Waals surface area contributed by atoms with Crippen molar-refractivity contribution in [2.45, 2.75) is 82.6 Å². The van der Waals surface area contributed by atoms with Crippen molar-refractivity contribution < 1.29 is 24.3 Å². The van der Waals surface area contributed by atoms with Crippen molar-refractivity contribution in [3.63, 3.8) is 0 Å². The van der Waals surface area contributed by atoms with E-state index in [0.717, 1.165) is 29.7 Å². The van der Waals surface area contributed by atoms with Crippen LogP contribution in [-0.2, 0) is 16.9 Å². The van der Waals surface area contributed by atoms with E-state index in [1.807, 2.05) is 26.0 Å². The van der Waals surface area contributed by atoms with Gasteiger partial charge in [0.15, 0.2) is 5.69 Å². The number of ether oxygens (including phenoxy) is 1. The van der Waals surface area contributed by atoms with Gasteiger partial charge in [-0.2, -0.15) is 5.10 Å². The fourth-order valence-electron chi connectivity index (χ4n) is 5.75. The van der Waals surface area contributed by atoms with Gasteiger partial charge in [0.25, 0.3) is 0 Å². The standard InChI is InChI=1S/C30H31Cl2N3O5/c1-16(2)35-24-14-18(8-9-20(24)27(33-35)29(36)37)30(38)12-10-19(11-13-30)39-15-21-26(34-40-28(21)17-6-7-17)25-22(31)4-3-5-23(25)32/h3-5,8-9,14,16-17,19,38H,6-7,10-13,15H2,1-2H3,(H,36,37). The number of carboxylic acids is 1. The lowest BCUT2D eigenvalue weighted by Gasteiger charge is -2.36. The third kappa shape index (κ3) is 4.91. The van der Waals surface area contributed by atoms with E-state index in [4.69, 9.17) is 32.5 Å². The Morgan fingerprint density at radius 2 is 1.85 bits per heavy atom. The summed E-state index contributed by atoms with van der Waals surface area (Å²) in [6.07, 6.45) is 4.46. The van der Waals surface area contributed by atoms with Crippen molar-refractivity contribution in [3.8, 4) is 11.3 Å². The van der Waals surface area contributed by atoms with Crippen molar-refractivity contribution >= 4 is 40.1 Å². The summed E-state index contributed by atoms with van der Waals surface area (Å²) in [6, 6.07) is 10.8. The first kappa shape index (κ1) is 27.3. The van der Waals surface area contributed by atoms with Gasteiger partial charge >= 0.3 is 5.97 Å². The molecule has 2 aliphatic carbocycles. The number of aliphatic hydroxyl groups is 1. The number of hydrogen-bond donors (Lipinski definition) is 2. The van der Waals surface area contributed by atoms with Crippen LogP contribution in [0.2, 0.25) is 10.0 Å². The lowest BCUT2D eigenvalue weighted by atomic mass is 9.78. The van der Waals surface area contributed by atoms with E-state index in [2.05, 4.69) is 10.3 Å². The van der Waals surface area contributed by atoms with E-state index in [9.17, 15) is 15.0 Å². The zero-order chi connectivity index (χ0) is 28.2. The molecule has 2 fully saturated rings. The van der Waals surface area contributed by atoms with E-state index in [1.165, 1.54) is 0 Å². The summed E-state index contributed by atoms with van der Waals surface area (Å²) in [4.78, 5) is 11.7. The zero-order valence-corrected chi connectivity index (χ0v) is 23.9. The average Bonchev–Trinajstić information content (AvgIpc) is 3.56. The Morgan fingerprint density at radius 3 is 2.48 bits per heavy atom. The molecule has 2 aromatic heterocycles. The highest BCUT2D eigenvalue weighted by molar-refractivity contribution is 6.39. The number of rotatable bonds is 8. The number of aromatic carboxylic acids is 1. The number of aromatic nitrogens is 3. The molecule has 0 aliphatic heterocycles. The first-order chi connectivity index (χ1) is 19.2. The highest BCUT2D eigenvalue weighted by atomic mass is 35.5. The molecule has 2 aromatic carbocycles. The second-order valence-electron chi connectivity index (χ2n) is 11.2. The van der Waals surface area contributed by atoms with Gasteiger partial charge in [0.2, 0.25) is 0 Å². The van der Waals surface area contributed by atoms with Crippen LogP contribution in [-0.4, -0.2) is 37.2 Å². The summed E-state index contributed by atoms with van der Waals surface area (Å²) in [5.41, 5.74) is 2.64. The van der Waals surface area contributed by atoms with Crippen LogP contribution in [0.1, 0.15) is 91.7 Å². The van der Waals surface area contributed by atoms with Crippen molar-refractivity contribution in [1.82, 2.24) is 14.9 Å². The second kappa shape index (κ2) is 10.5. The molecule has 40 heavy (non-hydrogen) atoms. The maximum absolute atomic E-state index is 11.7. The van der Waals surface area contributed by atoms with Crippen LogP contribution in [0.25, 0.3) is 22.2 Å². The summed E-state index contributed by atoms with van der Waals surface area (Å²) in [7, 11) is 0. The number of nitrogens with zero attached hydrogens (tertiary/aromatic N) is 3. The number of carboxylic acid groups (broad SMARTS) is 1. The average molecular weight is 584 g/mol. The molecular weight excluding hydrogens is 553 g/mol. The van der Waals surface area contributed by atoms with E-state index in [1.54, 1.807) is 28.9 Å².